The van der Waals surface area contributed by atoms with E-state index in [4.69, 9.17) is 4.42 Å². The molecule has 2 heterocycles. The molecule has 22 heavy (non-hydrogen) atoms. The maximum absolute atomic E-state index is 13.3. The Morgan fingerprint density at radius 2 is 1.82 bits per heavy atom. The van der Waals surface area contributed by atoms with Crippen LogP contribution in [0.15, 0.2) is 45.5 Å². The van der Waals surface area contributed by atoms with Gasteiger partial charge in [0.25, 0.3) is 0 Å². The minimum absolute atomic E-state index is 0.204. The molecule has 0 radical (unpaired) electrons. The summed E-state index contributed by atoms with van der Waals surface area (Å²) in [6.45, 7) is 5.96. The molecule has 0 saturated carbocycles. The van der Waals surface area contributed by atoms with E-state index in [-0.39, 0.29) is 5.82 Å². The molecule has 1 aliphatic heterocycles. The monoisotopic (exact) mass is 366 g/mol. The van der Waals surface area contributed by atoms with Crippen LogP contribution in [-0.4, -0.2) is 36.0 Å². The van der Waals surface area contributed by atoms with E-state index in [1.54, 1.807) is 6.26 Å². The number of furan rings is 1. The van der Waals surface area contributed by atoms with Crippen molar-refractivity contribution in [2.24, 2.45) is 0 Å². The van der Waals surface area contributed by atoms with Crippen molar-refractivity contribution in [3.05, 3.63) is 58.2 Å². The Balaban J connectivity index is 1.54. The Hall–Kier alpha value is -1.17. The van der Waals surface area contributed by atoms with Gasteiger partial charge in [-0.15, -0.1) is 0 Å². The minimum Gasteiger partial charge on any atom is -0.468 e. The summed E-state index contributed by atoms with van der Waals surface area (Å²) in [5, 5.41) is 0. The van der Waals surface area contributed by atoms with Gasteiger partial charge in [-0.3, -0.25) is 9.80 Å². The van der Waals surface area contributed by atoms with Crippen molar-refractivity contribution in [3.63, 3.8) is 0 Å². The van der Waals surface area contributed by atoms with Gasteiger partial charge in [-0.1, -0.05) is 6.07 Å². The van der Waals surface area contributed by atoms with Gasteiger partial charge in [0.15, 0.2) is 0 Å². The van der Waals surface area contributed by atoms with E-state index in [2.05, 4.69) is 25.7 Å². The summed E-state index contributed by atoms with van der Waals surface area (Å²) in [6, 6.07) is 9.23. The van der Waals surface area contributed by atoms with E-state index in [0.29, 0.717) is 4.47 Å². The van der Waals surface area contributed by atoms with Crippen LogP contribution in [0.3, 0.4) is 0 Å². The predicted molar refractivity (Wildman–Crippen MR) is 88.0 cm³/mol. The molecule has 1 aromatic carbocycles. The minimum atomic E-state index is -0.204. The molecule has 0 unspecified atom stereocenters. The highest BCUT2D eigenvalue weighted by Gasteiger charge is 2.16. The van der Waals surface area contributed by atoms with Crippen LogP contribution in [0.5, 0.6) is 0 Å². The zero-order valence-electron chi connectivity index (χ0n) is 12.5. The topological polar surface area (TPSA) is 19.6 Å². The second-order valence-corrected chi connectivity index (χ2v) is 6.59. The molecule has 0 bridgehead atoms. The van der Waals surface area contributed by atoms with Crippen LogP contribution in [0.2, 0.25) is 0 Å². The van der Waals surface area contributed by atoms with Crippen molar-refractivity contribution in [1.82, 2.24) is 9.80 Å². The van der Waals surface area contributed by atoms with Crippen LogP contribution >= 0.6 is 15.9 Å². The molecule has 0 spiro atoms. The maximum Gasteiger partial charge on any atom is 0.137 e. The van der Waals surface area contributed by atoms with Crippen molar-refractivity contribution < 1.29 is 8.81 Å². The predicted octanol–water partition coefficient (Wildman–Crippen LogP) is 3.89. The van der Waals surface area contributed by atoms with Crippen molar-refractivity contribution in [2.75, 3.05) is 26.2 Å². The fourth-order valence-corrected chi connectivity index (χ4v) is 3.29. The van der Waals surface area contributed by atoms with E-state index in [9.17, 15) is 4.39 Å². The largest absolute Gasteiger partial charge is 0.468 e. The number of halogens is 2. The Kier molecular flexibility index (Phi) is 5.28. The van der Waals surface area contributed by atoms with E-state index < -0.39 is 0 Å². The lowest BCUT2D eigenvalue weighted by Crippen LogP contribution is -2.30. The van der Waals surface area contributed by atoms with E-state index in [0.717, 1.165) is 57.0 Å². The fourth-order valence-electron chi connectivity index (χ4n) is 2.86. The Morgan fingerprint density at radius 1 is 1.05 bits per heavy atom. The molecule has 3 rings (SSSR count). The first-order chi connectivity index (χ1) is 10.7. The standard InChI is InChI=1S/C17H20BrFN2O/c18-16-11-14(4-5-17(16)19)12-20-6-2-7-21(9-8-20)13-15-3-1-10-22-15/h1,3-5,10-11H,2,6-9,12-13H2. The molecule has 5 heteroatoms. The molecule has 2 aromatic rings. The van der Waals surface area contributed by atoms with Crippen LogP contribution in [0.1, 0.15) is 17.7 Å². The first-order valence-corrected chi connectivity index (χ1v) is 8.41. The molecule has 0 N–H and O–H groups in total. The van der Waals surface area contributed by atoms with Gasteiger partial charge >= 0.3 is 0 Å². The highest BCUT2D eigenvalue weighted by atomic mass is 79.9. The van der Waals surface area contributed by atoms with Gasteiger partial charge in [0.2, 0.25) is 0 Å². The summed E-state index contributed by atoms with van der Waals surface area (Å²) in [6.07, 6.45) is 2.87. The average molecular weight is 367 g/mol. The Morgan fingerprint density at radius 3 is 2.50 bits per heavy atom. The molecular weight excluding hydrogens is 347 g/mol. The Labute approximate surface area is 138 Å². The Bertz CT molecular complexity index is 603. The third kappa shape index (κ3) is 4.18. The van der Waals surface area contributed by atoms with E-state index in [1.165, 1.54) is 6.07 Å². The summed E-state index contributed by atoms with van der Waals surface area (Å²) in [7, 11) is 0. The second kappa shape index (κ2) is 7.40. The maximum atomic E-state index is 13.3. The van der Waals surface area contributed by atoms with Crippen LogP contribution in [-0.2, 0) is 13.1 Å². The third-order valence-electron chi connectivity index (χ3n) is 4.03. The molecule has 0 atom stereocenters. The smallest absolute Gasteiger partial charge is 0.137 e. The lowest BCUT2D eigenvalue weighted by molar-refractivity contribution is 0.234. The lowest BCUT2D eigenvalue weighted by atomic mass is 10.2. The summed E-state index contributed by atoms with van der Waals surface area (Å²) < 4.78 is 19.3. The number of benzene rings is 1. The highest BCUT2D eigenvalue weighted by Crippen LogP contribution is 2.19. The first-order valence-electron chi connectivity index (χ1n) is 7.62. The van der Waals surface area contributed by atoms with Gasteiger partial charge in [-0.2, -0.15) is 0 Å². The zero-order valence-corrected chi connectivity index (χ0v) is 14.1. The molecule has 0 amide bonds. The average Bonchev–Trinajstić information content (AvgIpc) is 2.91. The van der Waals surface area contributed by atoms with Gasteiger partial charge in [0.1, 0.15) is 11.6 Å². The molecule has 1 aromatic heterocycles. The van der Waals surface area contributed by atoms with Crippen molar-refractivity contribution in [2.45, 2.75) is 19.5 Å². The van der Waals surface area contributed by atoms with Crippen molar-refractivity contribution >= 4 is 15.9 Å². The summed E-state index contributed by atoms with van der Waals surface area (Å²) in [5.74, 6) is 0.820. The summed E-state index contributed by atoms with van der Waals surface area (Å²) in [5.41, 5.74) is 1.15. The number of hydrogen-bond donors (Lipinski definition) is 0. The lowest BCUT2D eigenvalue weighted by Gasteiger charge is -2.21. The van der Waals surface area contributed by atoms with Gasteiger partial charge in [-0.05, 0) is 65.3 Å². The second-order valence-electron chi connectivity index (χ2n) is 5.73. The van der Waals surface area contributed by atoms with Gasteiger partial charge in [0.05, 0.1) is 17.3 Å². The van der Waals surface area contributed by atoms with Gasteiger partial charge < -0.3 is 4.42 Å². The van der Waals surface area contributed by atoms with Gasteiger partial charge in [-0.25, -0.2) is 4.39 Å². The van der Waals surface area contributed by atoms with Crippen LogP contribution in [0.4, 0.5) is 4.39 Å². The van der Waals surface area contributed by atoms with Crippen LogP contribution in [0, 0.1) is 5.82 Å². The molecular formula is C17H20BrFN2O. The normalized spacial score (nSPS) is 17.5. The number of rotatable bonds is 4. The molecule has 0 aliphatic carbocycles. The summed E-state index contributed by atoms with van der Waals surface area (Å²) >= 11 is 3.26. The van der Waals surface area contributed by atoms with Crippen molar-refractivity contribution in [1.29, 1.82) is 0 Å². The SMILES string of the molecule is Fc1ccc(CN2CCCN(Cc3ccco3)CC2)cc1Br. The molecule has 1 aliphatic rings. The highest BCUT2D eigenvalue weighted by molar-refractivity contribution is 9.10. The number of hydrogen-bond acceptors (Lipinski definition) is 3. The van der Waals surface area contributed by atoms with Crippen molar-refractivity contribution in [3.8, 4) is 0 Å². The van der Waals surface area contributed by atoms with E-state index >= 15 is 0 Å². The van der Waals surface area contributed by atoms with Crippen LogP contribution in [0.25, 0.3) is 0 Å². The molecule has 3 nitrogen and oxygen atoms in total. The third-order valence-corrected chi connectivity index (χ3v) is 4.64. The molecule has 118 valence electrons. The molecule has 1 fully saturated rings. The molecule has 1 saturated heterocycles. The fraction of sp³-hybridized carbons (Fsp3) is 0.412. The number of nitrogens with zero attached hydrogens (tertiary/aromatic N) is 2. The van der Waals surface area contributed by atoms with E-state index in [1.807, 2.05) is 24.3 Å². The van der Waals surface area contributed by atoms with Crippen LogP contribution < -0.4 is 0 Å². The summed E-state index contributed by atoms with van der Waals surface area (Å²) in [4.78, 5) is 4.86. The quantitative estimate of drug-likeness (QED) is 0.818. The van der Waals surface area contributed by atoms with Gasteiger partial charge in [0, 0.05) is 19.6 Å². The first kappa shape index (κ1) is 15.7. The zero-order chi connectivity index (χ0) is 15.4.